The van der Waals surface area contributed by atoms with Gasteiger partial charge in [0.25, 0.3) is 0 Å². The highest BCUT2D eigenvalue weighted by Gasteiger charge is 2.44. The Hall–Kier alpha value is -0.360. The number of hydrogen-bond acceptors (Lipinski definition) is 9. The molecule has 2 rings (SSSR count). The van der Waals surface area contributed by atoms with Gasteiger partial charge in [-0.3, -0.25) is 0 Å². The van der Waals surface area contributed by atoms with Gasteiger partial charge in [0.1, 0.15) is 24.4 Å². The zero-order valence-electron chi connectivity index (χ0n) is 12.3. The van der Waals surface area contributed by atoms with Gasteiger partial charge in [-0.25, -0.2) is 0 Å². The lowest BCUT2D eigenvalue weighted by Gasteiger charge is -2.41. The smallest absolute Gasteiger partial charge is 0.186 e. The largest absolute Gasteiger partial charge is 0.389 e. The molecular weight excluding hydrogens is 298 g/mol. The third-order valence-corrected chi connectivity index (χ3v) is 4.41. The monoisotopic (exact) mass is 323 g/mol. The molecule has 2 saturated heterocycles. The van der Waals surface area contributed by atoms with Crippen LogP contribution in [0.15, 0.2) is 0 Å². The van der Waals surface area contributed by atoms with Gasteiger partial charge in [-0.05, 0) is 12.8 Å². The van der Waals surface area contributed by atoms with E-state index in [2.05, 4.69) is 5.32 Å². The zero-order valence-corrected chi connectivity index (χ0v) is 12.3. The molecule has 9 nitrogen and oxygen atoms in total. The minimum Gasteiger partial charge on any atom is -0.389 e. The number of rotatable bonds is 4. The third kappa shape index (κ3) is 3.58. The van der Waals surface area contributed by atoms with Crippen LogP contribution < -0.4 is 5.32 Å². The highest BCUT2D eigenvalue weighted by molar-refractivity contribution is 4.94. The summed E-state index contributed by atoms with van der Waals surface area (Å²) in [6.07, 6.45) is -8.63. The van der Waals surface area contributed by atoms with Crippen molar-refractivity contribution in [2.24, 2.45) is 0 Å². The third-order valence-electron chi connectivity index (χ3n) is 4.41. The normalized spacial score (nSPS) is 50.0. The summed E-state index contributed by atoms with van der Waals surface area (Å²) < 4.78 is 10.3. The van der Waals surface area contributed by atoms with Gasteiger partial charge in [-0.1, -0.05) is 0 Å². The Morgan fingerprint density at radius 2 is 1.59 bits per heavy atom. The van der Waals surface area contributed by atoms with Gasteiger partial charge < -0.3 is 45.4 Å². The van der Waals surface area contributed by atoms with Crippen molar-refractivity contribution in [3.05, 3.63) is 0 Å². The first-order chi connectivity index (χ1) is 10.4. The Balaban J connectivity index is 1.90. The average molecular weight is 323 g/mol. The van der Waals surface area contributed by atoms with E-state index in [0.29, 0.717) is 6.42 Å². The van der Waals surface area contributed by atoms with E-state index < -0.39 is 55.1 Å². The van der Waals surface area contributed by atoms with E-state index in [9.17, 15) is 30.6 Å². The molecule has 0 aromatic carbocycles. The molecule has 9 heteroatoms. The Bertz CT molecular complexity index is 357. The number of hydrogen-bond donors (Lipinski definition) is 7. The summed E-state index contributed by atoms with van der Waals surface area (Å²) in [6.45, 7) is 0.152. The standard InChI is InChI=1S/C13H25NO8/c1-21-13-12(20)11(19)10(18)7(22-13)3-2-5-8(16)9(17)6(15)4-14-5/h5-20H,2-4H2,1H3/t5-,6-,7-,8-,9+,10+,11+,12-,13?/m1/s1. The summed E-state index contributed by atoms with van der Waals surface area (Å²) in [5.41, 5.74) is 0. The molecule has 0 radical (unpaired) electrons. The second-order valence-electron chi connectivity index (χ2n) is 5.89. The van der Waals surface area contributed by atoms with E-state index >= 15 is 0 Å². The van der Waals surface area contributed by atoms with Crippen LogP contribution >= 0.6 is 0 Å². The maximum absolute atomic E-state index is 9.95. The van der Waals surface area contributed by atoms with Crippen LogP contribution in [0.4, 0.5) is 0 Å². The zero-order chi connectivity index (χ0) is 16.4. The Morgan fingerprint density at radius 1 is 0.909 bits per heavy atom. The first kappa shape index (κ1) is 18.0. The van der Waals surface area contributed by atoms with Gasteiger partial charge in [-0.2, -0.15) is 0 Å². The first-order valence-corrected chi connectivity index (χ1v) is 7.36. The first-order valence-electron chi connectivity index (χ1n) is 7.36. The summed E-state index contributed by atoms with van der Waals surface area (Å²) in [4.78, 5) is 0. The van der Waals surface area contributed by atoms with Crippen LogP contribution in [-0.2, 0) is 9.47 Å². The van der Waals surface area contributed by atoms with E-state index in [4.69, 9.17) is 9.47 Å². The average Bonchev–Trinajstić information content (AvgIpc) is 2.51. The van der Waals surface area contributed by atoms with Crippen molar-refractivity contribution in [1.29, 1.82) is 0 Å². The molecule has 0 aliphatic carbocycles. The van der Waals surface area contributed by atoms with E-state index in [1.54, 1.807) is 0 Å². The topological polar surface area (TPSA) is 152 Å². The van der Waals surface area contributed by atoms with Crippen molar-refractivity contribution < 1.29 is 40.1 Å². The fourth-order valence-electron chi connectivity index (χ4n) is 2.95. The fraction of sp³-hybridized carbons (Fsp3) is 1.00. The van der Waals surface area contributed by atoms with E-state index in [1.807, 2.05) is 0 Å². The maximum atomic E-state index is 9.95. The Kier molecular flexibility index (Phi) is 6.11. The van der Waals surface area contributed by atoms with Crippen LogP contribution in [0.5, 0.6) is 0 Å². The van der Waals surface area contributed by atoms with Crippen LogP contribution in [0.2, 0.25) is 0 Å². The molecule has 2 heterocycles. The molecule has 0 aromatic heterocycles. The predicted octanol–water partition coefficient (Wildman–Crippen LogP) is -3.72. The minimum atomic E-state index is -1.39. The van der Waals surface area contributed by atoms with Gasteiger partial charge in [-0.15, -0.1) is 0 Å². The van der Waals surface area contributed by atoms with Gasteiger partial charge >= 0.3 is 0 Å². The van der Waals surface area contributed by atoms with E-state index in [1.165, 1.54) is 7.11 Å². The number of aliphatic hydroxyl groups excluding tert-OH is 6. The van der Waals surface area contributed by atoms with Crippen molar-refractivity contribution in [3.8, 4) is 0 Å². The lowest BCUT2D eigenvalue weighted by atomic mass is 9.89. The van der Waals surface area contributed by atoms with Gasteiger partial charge in [0.2, 0.25) is 0 Å². The van der Waals surface area contributed by atoms with Gasteiger partial charge in [0.05, 0.1) is 18.3 Å². The quantitative estimate of drug-likeness (QED) is 0.277. The van der Waals surface area contributed by atoms with Crippen LogP contribution in [0.25, 0.3) is 0 Å². The second-order valence-corrected chi connectivity index (χ2v) is 5.89. The molecule has 7 N–H and O–H groups in total. The SMILES string of the molecule is COC1O[C@H](CC[C@H]2NC[C@@H](O)[C@H](O)[C@@H]2O)[C@H](O)[C@H](O)[C@H]1O. The molecule has 0 amide bonds. The van der Waals surface area contributed by atoms with Crippen molar-refractivity contribution >= 4 is 0 Å². The van der Waals surface area contributed by atoms with Gasteiger partial charge in [0, 0.05) is 19.7 Å². The number of β-amino-alcohol motifs (C(OH)–C–C–N with tert-alkyl or cyclic N) is 1. The molecule has 0 aromatic rings. The lowest BCUT2D eigenvalue weighted by Crippen LogP contribution is -2.61. The second kappa shape index (κ2) is 7.47. The number of ether oxygens (including phenoxy) is 2. The summed E-state index contributed by atoms with van der Waals surface area (Å²) in [5, 5.41) is 61.3. The molecule has 0 saturated carbocycles. The highest BCUT2D eigenvalue weighted by Crippen LogP contribution is 2.26. The van der Waals surface area contributed by atoms with Crippen molar-refractivity contribution in [1.82, 2.24) is 5.32 Å². The van der Waals surface area contributed by atoms with Crippen LogP contribution in [0.1, 0.15) is 12.8 Å². The Labute approximate surface area is 128 Å². The number of nitrogens with one attached hydrogen (secondary N) is 1. The maximum Gasteiger partial charge on any atom is 0.186 e. The fourth-order valence-corrected chi connectivity index (χ4v) is 2.95. The van der Waals surface area contributed by atoms with E-state index in [0.717, 1.165) is 0 Å². The molecule has 2 fully saturated rings. The molecule has 0 spiro atoms. The molecule has 2 aliphatic heterocycles. The number of methoxy groups -OCH3 is 1. The molecule has 0 bridgehead atoms. The highest BCUT2D eigenvalue weighted by atomic mass is 16.7. The minimum absolute atomic E-state index is 0.152. The molecule has 22 heavy (non-hydrogen) atoms. The molecule has 2 aliphatic rings. The van der Waals surface area contributed by atoms with Crippen molar-refractivity contribution in [2.75, 3.05) is 13.7 Å². The molecular formula is C13H25NO8. The predicted molar refractivity (Wildman–Crippen MR) is 72.7 cm³/mol. The van der Waals surface area contributed by atoms with Crippen LogP contribution in [0.3, 0.4) is 0 Å². The molecule has 9 atom stereocenters. The van der Waals surface area contributed by atoms with Crippen LogP contribution in [0, 0.1) is 0 Å². The molecule has 130 valence electrons. The van der Waals surface area contributed by atoms with Crippen LogP contribution in [-0.4, -0.2) is 99.4 Å². The number of aliphatic hydroxyl groups is 6. The van der Waals surface area contributed by atoms with Gasteiger partial charge in [0.15, 0.2) is 6.29 Å². The summed E-state index contributed by atoms with van der Waals surface area (Å²) in [7, 11) is 1.32. The van der Waals surface area contributed by atoms with Crippen molar-refractivity contribution in [2.45, 2.75) is 67.9 Å². The Morgan fingerprint density at radius 3 is 2.23 bits per heavy atom. The lowest BCUT2D eigenvalue weighted by molar-refractivity contribution is -0.291. The molecule has 1 unspecified atom stereocenters. The summed E-state index contributed by atoms with van der Waals surface area (Å²) in [6, 6.07) is -0.473. The number of piperidine rings is 1. The van der Waals surface area contributed by atoms with E-state index in [-0.39, 0.29) is 13.0 Å². The van der Waals surface area contributed by atoms with Crippen molar-refractivity contribution in [3.63, 3.8) is 0 Å². The summed E-state index contributed by atoms with van der Waals surface area (Å²) in [5.74, 6) is 0. The summed E-state index contributed by atoms with van der Waals surface area (Å²) >= 11 is 0.